The fourth-order valence-corrected chi connectivity index (χ4v) is 2.65. The van der Waals surface area contributed by atoms with Gasteiger partial charge in [-0.15, -0.1) is 0 Å². The maximum atomic E-state index is 11.8. The molecule has 1 amide bonds. The number of hydrogen-bond donors (Lipinski definition) is 2. The van der Waals surface area contributed by atoms with Gasteiger partial charge in [0.2, 0.25) is 5.91 Å². The summed E-state index contributed by atoms with van der Waals surface area (Å²) in [6, 6.07) is 0. The lowest BCUT2D eigenvalue weighted by Crippen LogP contribution is -2.44. The van der Waals surface area contributed by atoms with Crippen molar-refractivity contribution < 1.29 is 9.53 Å². The van der Waals surface area contributed by atoms with Gasteiger partial charge in [-0.3, -0.25) is 9.69 Å². The van der Waals surface area contributed by atoms with Crippen molar-refractivity contribution >= 4 is 5.91 Å². The van der Waals surface area contributed by atoms with E-state index in [4.69, 9.17) is 4.74 Å². The zero-order valence-corrected chi connectivity index (χ0v) is 13.1. The number of hydrogen-bond acceptors (Lipinski definition) is 4. The van der Waals surface area contributed by atoms with Crippen LogP contribution in [0.25, 0.3) is 0 Å². The first-order valence-electron chi connectivity index (χ1n) is 7.95. The van der Waals surface area contributed by atoms with Crippen molar-refractivity contribution in [1.29, 1.82) is 0 Å². The van der Waals surface area contributed by atoms with Crippen molar-refractivity contribution in [2.24, 2.45) is 5.92 Å². The molecule has 20 heavy (non-hydrogen) atoms. The molecule has 0 aliphatic carbocycles. The number of rotatable bonds is 10. The van der Waals surface area contributed by atoms with E-state index in [0.29, 0.717) is 25.6 Å². The molecule has 0 aromatic heterocycles. The van der Waals surface area contributed by atoms with E-state index in [1.807, 2.05) is 0 Å². The maximum Gasteiger partial charge on any atom is 0.234 e. The van der Waals surface area contributed by atoms with Crippen molar-refractivity contribution in [2.45, 2.75) is 32.6 Å². The molecule has 1 atom stereocenters. The van der Waals surface area contributed by atoms with Crippen molar-refractivity contribution in [3.05, 3.63) is 0 Å². The van der Waals surface area contributed by atoms with Gasteiger partial charge in [-0.1, -0.05) is 6.92 Å². The molecule has 2 N–H and O–H groups in total. The van der Waals surface area contributed by atoms with Crippen LogP contribution in [0.15, 0.2) is 0 Å². The van der Waals surface area contributed by atoms with Crippen molar-refractivity contribution in [1.82, 2.24) is 15.5 Å². The molecule has 0 spiro atoms. The highest BCUT2D eigenvalue weighted by Crippen LogP contribution is 2.15. The molecule has 1 heterocycles. The van der Waals surface area contributed by atoms with Crippen LogP contribution < -0.4 is 10.6 Å². The summed E-state index contributed by atoms with van der Waals surface area (Å²) in [6.45, 7) is 8.41. The topological polar surface area (TPSA) is 53.6 Å². The lowest BCUT2D eigenvalue weighted by Gasteiger charge is -2.32. The fourth-order valence-electron chi connectivity index (χ4n) is 2.65. The van der Waals surface area contributed by atoms with Crippen LogP contribution in [0.5, 0.6) is 0 Å². The number of nitrogens with one attached hydrogen (secondary N) is 2. The van der Waals surface area contributed by atoms with Crippen LogP contribution in [-0.4, -0.2) is 63.8 Å². The third-order valence-electron chi connectivity index (χ3n) is 3.68. The molecule has 0 aromatic carbocycles. The van der Waals surface area contributed by atoms with E-state index >= 15 is 0 Å². The van der Waals surface area contributed by atoms with Gasteiger partial charge in [0.05, 0.1) is 6.54 Å². The van der Waals surface area contributed by atoms with E-state index in [1.54, 1.807) is 7.11 Å². The summed E-state index contributed by atoms with van der Waals surface area (Å²) in [5.41, 5.74) is 0. The normalized spacial score (nSPS) is 20.0. The van der Waals surface area contributed by atoms with E-state index < -0.39 is 0 Å². The lowest BCUT2D eigenvalue weighted by atomic mass is 9.98. The molecule has 0 bridgehead atoms. The highest BCUT2D eigenvalue weighted by atomic mass is 16.5. The minimum atomic E-state index is 0.142. The Morgan fingerprint density at radius 1 is 1.40 bits per heavy atom. The van der Waals surface area contributed by atoms with Crippen molar-refractivity contribution in [3.8, 4) is 0 Å². The van der Waals surface area contributed by atoms with Crippen LogP contribution in [0.1, 0.15) is 32.6 Å². The zero-order chi connectivity index (χ0) is 14.6. The number of piperidine rings is 1. The Balaban J connectivity index is 2.14. The minimum Gasteiger partial charge on any atom is -0.385 e. The van der Waals surface area contributed by atoms with Crippen LogP contribution >= 0.6 is 0 Å². The van der Waals surface area contributed by atoms with Crippen LogP contribution in [0.4, 0.5) is 0 Å². The van der Waals surface area contributed by atoms with Gasteiger partial charge in [-0.25, -0.2) is 0 Å². The minimum absolute atomic E-state index is 0.142. The van der Waals surface area contributed by atoms with E-state index in [0.717, 1.165) is 32.6 Å². The number of nitrogens with zero attached hydrogens (tertiary/aromatic N) is 1. The second kappa shape index (κ2) is 11.1. The molecule has 1 rings (SSSR count). The molecule has 5 heteroatoms. The Kier molecular flexibility index (Phi) is 9.62. The van der Waals surface area contributed by atoms with Crippen molar-refractivity contribution in [2.75, 3.05) is 53.0 Å². The highest BCUT2D eigenvalue weighted by Gasteiger charge is 2.20. The molecule has 0 aromatic rings. The number of ether oxygens (including phenoxy) is 1. The third-order valence-corrected chi connectivity index (χ3v) is 3.68. The Bertz CT molecular complexity index is 262. The molecule has 118 valence electrons. The second-order valence-corrected chi connectivity index (χ2v) is 5.64. The summed E-state index contributed by atoms with van der Waals surface area (Å²) in [4.78, 5) is 14.1. The summed E-state index contributed by atoms with van der Waals surface area (Å²) in [5, 5.41) is 6.44. The van der Waals surface area contributed by atoms with E-state index in [1.165, 1.54) is 19.3 Å². The van der Waals surface area contributed by atoms with Gasteiger partial charge in [-0.2, -0.15) is 0 Å². The van der Waals surface area contributed by atoms with Gasteiger partial charge < -0.3 is 15.4 Å². The zero-order valence-electron chi connectivity index (χ0n) is 13.1. The van der Waals surface area contributed by atoms with Gasteiger partial charge in [0.15, 0.2) is 0 Å². The highest BCUT2D eigenvalue weighted by molar-refractivity contribution is 5.77. The second-order valence-electron chi connectivity index (χ2n) is 5.64. The third kappa shape index (κ3) is 7.82. The number of carbonyl (C=O) groups excluding carboxylic acids is 1. The first kappa shape index (κ1) is 17.4. The summed E-state index contributed by atoms with van der Waals surface area (Å²) in [7, 11) is 1.68. The molecule has 1 unspecified atom stereocenters. The Labute approximate surface area is 123 Å². The summed E-state index contributed by atoms with van der Waals surface area (Å²) < 4.78 is 4.97. The predicted octanol–water partition coefficient (Wildman–Crippen LogP) is 0.851. The van der Waals surface area contributed by atoms with E-state index in [9.17, 15) is 4.79 Å². The molecule has 5 nitrogen and oxygen atoms in total. The molecule has 1 fully saturated rings. The van der Waals surface area contributed by atoms with E-state index in [-0.39, 0.29) is 5.91 Å². The van der Waals surface area contributed by atoms with Crippen LogP contribution in [0, 0.1) is 5.92 Å². The van der Waals surface area contributed by atoms with Crippen LogP contribution in [-0.2, 0) is 9.53 Å². The van der Waals surface area contributed by atoms with Gasteiger partial charge in [0, 0.05) is 26.8 Å². The van der Waals surface area contributed by atoms with Gasteiger partial charge in [0.25, 0.3) is 0 Å². The molecule has 0 radical (unpaired) electrons. The molecule has 1 aliphatic heterocycles. The fraction of sp³-hybridized carbons (Fsp3) is 0.933. The monoisotopic (exact) mass is 285 g/mol. The van der Waals surface area contributed by atoms with Crippen LogP contribution in [0.2, 0.25) is 0 Å². The Morgan fingerprint density at radius 3 is 3.00 bits per heavy atom. The van der Waals surface area contributed by atoms with Crippen LogP contribution in [0.3, 0.4) is 0 Å². The standard InChI is InChI=1S/C15H31N3O2/c1-3-7-16-11-14-6-4-9-18(12-14)13-15(19)17-8-5-10-20-2/h14,16H,3-13H2,1-2H3,(H,17,19). The number of carbonyl (C=O) groups is 1. The first-order chi connectivity index (χ1) is 9.76. The number of likely N-dealkylation sites (tertiary alicyclic amines) is 1. The summed E-state index contributed by atoms with van der Waals surface area (Å²) in [5.74, 6) is 0.833. The first-order valence-corrected chi connectivity index (χ1v) is 7.95. The van der Waals surface area contributed by atoms with Gasteiger partial charge >= 0.3 is 0 Å². The molecule has 1 aliphatic rings. The average molecular weight is 285 g/mol. The van der Waals surface area contributed by atoms with Crippen molar-refractivity contribution in [3.63, 3.8) is 0 Å². The smallest absolute Gasteiger partial charge is 0.234 e. The largest absolute Gasteiger partial charge is 0.385 e. The molecular weight excluding hydrogens is 254 g/mol. The lowest BCUT2D eigenvalue weighted by molar-refractivity contribution is -0.122. The number of methoxy groups -OCH3 is 1. The Hall–Kier alpha value is -0.650. The summed E-state index contributed by atoms with van der Waals surface area (Å²) >= 11 is 0. The SMILES string of the molecule is CCCNCC1CCCN(CC(=O)NCCCOC)C1. The van der Waals surface area contributed by atoms with Gasteiger partial charge in [-0.05, 0) is 51.2 Å². The molecule has 1 saturated heterocycles. The van der Waals surface area contributed by atoms with E-state index in [2.05, 4.69) is 22.5 Å². The average Bonchev–Trinajstić information content (AvgIpc) is 2.44. The summed E-state index contributed by atoms with van der Waals surface area (Å²) in [6.07, 6.45) is 4.55. The number of amides is 1. The quantitative estimate of drug-likeness (QED) is 0.584. The maximum absolute atomic E-state index is 11.8. The van der Waals surface area contributed by atoms with Gasteiger partial charge in [0.1, 0.15) is 0 Å². The molecule has 0 saturated carbocycles. The predicted molar refractivity (Wildman–Crippen MR) is 81.8 cm³/mol. The molecular formula is C15H31N3O2. The Morgan fingerprint density at radius 2 is 2.25 bits per heavy atom.